The van der Waals surface area contributed by atoms with E-state index >= 15 is 0 Å². The van der Waals surface area contributed by atoms with Crippen molar-refractivity contribution in [3.05, 3.63) is 39.4 Å². The van der Waals surface area contributed by atoms with E-state index in [2.05, 4.69) is 0 Å². The lowest BCUT2D eigenvalue weighted by molar-refractivity contribution is -0.385. The third-order valence-electron chi connectivity index (χ3n) is 3.84. The summed E-state index contributed by atoms with van der Waals surface area (Å²) in [6, 6.07) is 4.46. The number of aryl methyl sites for hydroxylation is 1. The normalized spacial score (nSPS) is 15.8. The van der Waals surface area contributed by atoms with Gasteiger partial charge in [0, 0.05) is 36.2 Å². The highest BCUT2D eigenvalue weighted by atomic mass is 16.6. The van der Waals surface area contributed by atoms with E-state index in [1.54, 1.807) is 24.0 Å². The van der Waals surface area contributed by atoms with Crippen LogP contribution in [0.15, 0.2) is 18.2 Å². The van der Waals surface area contributed by atoms with Gasteiger partial charge in [-0.2, -0.15) is 0 Å². The van der Waals surface area contributed by atoms with Crippen molar-refractivity contribution in [1.29, 1.82) is 0 Å². The minimum Gasteiger partial charge on any atom is -0.369 e. The molecular weight excluding hydrogens is 274 g/mol. The van der Waals surface area contributed by atoms with Crippen LogP contribution < -0.4 is 5.73 Å². The molecule has 1 aromatic carbocycles. The van der Waals surface area contributed by atoms with E-state index in [1.807, 2.05) is 0 Å². The minimum absolute atomic E-state index is 0.0622. The first-order valence-electron chi connectivity index (χ1n) is 6.73. The van der Waals surface area contributed by atoms with Crippen LogP contribution >= 0.6 is 0 Å². The number of piperidine rings is 1. The fourth-order valence-corrected chi connectivity index (χ4v) is 2.49. The lowest BCUT2D eigenvalue weighted by Gasteiger charge is -2.30. The summed E-state index contributed by atoms with van der Waals surface area (Å²) in [7, 11) is 0. The van der Waals surface area contributed by atoms with Crippen LogP contribution in [-0.2, 0) is 4.79 Å². The second kappa shape index (κ2) is 5.90. The predicted octanol–water partition coefficient (Wildman–Crippen LogP) is 1.24. The molecule has 0 radical (unpaired) electrons. The summed E-state index contributed by atoms with van der Waals surface area (Å²) in [6.45, 7) is 2.51. The summed E-state index contributed by atoms with van der Waals surface area (Å²) in [5.74, 6) is -0.782. The molecule has 1 aromatic rings. The van der Waals surface area contributed by atoms with Crippen molar-refractivity contribution < 1.29 is 14.5 Å². The number of rotatable bonds is 3. The molecule has 21 heavy (non-hydrogen) atoms. The highest BCUT2D eigenvalue weighted by Crippen LogP contribution is 2.23. The lowest BCUT2D eigenvalue weighted by atomic mass is 9.95. The van der Waals surface area contributed by atoms with Gasteiger partial charge in [0.2, 0.25) is 5.91 Å². The van der Waals surface area contributed by atoms with Gasteiger partial charge in [-0.05, 0) is 25.8 Å². The number of carbonyl (C=O) groups is 2. The Balaban J connectivity index is 2.13. The molecular formula is C14H17N3O4. The molecule has 2 N–H and O–H groups in total. The molecule has 1 saturated heterocycles. The molecule has 0 bridgehead atoms. The Labute approximate surface area is 121 Å². The van der Waals surface area contributed by atoms with Crippen LogP contribution in [0.2, 0.25) is 0 Å². The molecule has 1 heterocycles. The Morgan fingerprint density at radius 2 is 1.95 bits per heavy atom. The summed E-state index contributed by atoms with van der Waals surface area (Å²) in [5.41, 5.74) is 6.00. The average Bonchev–Trinajstić information content (AvgIpc) is 2.46. The second-order valence-corrected chi connectivity index (χ2v) is 5.23. The number of hydrogen-bond acceptors (Lipinski definition) is 4. The summed E-state index contributed by atoms with van der Waals surface area (Å²) in [4.78, 5) is 35.5. The van der Waals surface area contributed by atoms with Gasteiger partial charge in [-0.3, -0.25) is 19.7 Å². The molecule has 1 aliphatic rings. The average molecular weight is 291 g/mol. The summed E-state index contributed by atoms with van der Waals surface area (Å²) < 4.78 is 0. The van der Waals surface area contributed by atoms with Crippen molar-refractivity contribution in [2.75, 3.05) is 13.1 Å². The molecule has 112 valence electrons. The van der Waals surface area contributed by atoms with Crippen molar-refractivity contribution in [2.45, 2.75) is 19.8 Å². The number of carbonyl (C=O) groups excluding carboxylic acids is 2. The topological polar surface area (TPSA) is 107 Å². The molecule has 0 aliphatic carbocycles. The van der Waals surface area contributed by atoms with Crippen LogP contribution in [0.1, 0.15) is 28.8 Å². The highest BCUT2D eigenvalue weighted by Gasteiger charge is 2.27. The largest absolute Gasteiger partial charge is 0.369 e. The number of primary amides is 1. The number of amides is 2. The maximum absolute atomic E-state index is 12.3. The molecule has 7 heteroatoms. The Bertz CT molecular complexity index is 592. The molecule has 0 unspecified atom stereocenters. The van der Waals surface area contributed by atoms with Gasteiger partial charge in [0.05, 0.1) is 4.92 Å². The maximum atomic E-state index is 12.3. The zero-order valence-corrected chi connectivity index (χ0v) is 11.7. The van der Waals surface area contributed by atoms with Crippen molar-refractivity contribution in [3.63, 3.8) is 0 Å². The molecule has 0 aromatic heterocycles. The van der Waals surface area contributed by atoms with Crippen LogP contribution in [0.3, 0.4) is 0 Å². The molecule has 0 spiro atoms. The SMILES string of the molecule is Cc1ccc(C(=O)N2CCC(C(N)=O)CC2)cc1[N+](=O)[O-]. The van der Waals surface area contributed by atoms with Crippen LogP contribution in [0.4, 0.5) is 5.69 Å². The highest BCUT2D eigenvalue weighted by molar-refractivity contribution is 5.95. The van der Waals surface area contributed by atoms with Gasteiger partial charge >= 0.3 is 0 Å². The van der Waals surface area contributed by atoms with Crippen molar-refractivity contribution >= 4 is 17.5 Å². The third kappa shape index (κ3) is 3.18. The van der Waals surface area contributed by atoms with Crippen LogP contribution in [0, 0.1) is 23.0 Å². The molecule has 0 atom stereocenters. The van der Waals surface area contributed by atoms with Gasteiger partial charge in [0.1, 0.15) is 0 Å². The van der Waals surface area contributed by atoms with E-state index in [4.69, 9.17) is 5.73 Å². The minimum atomic E-state index is -0.495. The van der Waals surface area contributed by atoms with Gasteiger partial charge in [-0.1, -0.05) is 6.07 Å². The molecule has 1 aliphatic heterocycles. The molecule has 0 saturated carbocycles. The van der Waals surface area contributed by atoms with Gasteiger partial charge in [0.25, 0.3) is 11.6 Å². The summed E-state index contributed by atoms with van der Waals surface area (Å²) >= 11 is 0. The van der Waals surface area contributed by atoms with E-state index < -0.39 is 4.92 Å². The monoisotopic (exact) mass is 291 g/mol. The van der Waals surface area contributed by atoms with Crippen LogP contribution in [0.25, 0.3) is 0 Å². The van der Waals surface area contributed by atoms with Crippen LogP contribution in [0.5, 0.6) is 0 Å². The number of nitro benzene ring substituents is 1. The first-order chi connectivity index (χ1) is 9.90. The number of nitro groups is 1. The lowest BCUT2D eigenvalue weighted by Crippen LogP contribution is -2.41. The van der Waals surface area contributed by atoms with E-state index in [9.17, 15) is 19.7 Å². The van der Waals surface area contributed by atoms with E-state index in [0.29, 0.717) is 37.1 Å². The van der Waals surface area contributed by atoms with Crippen LogP contribution in [-0.4, -0.2) is 34.7 Å². The molecule has 1 fully saturated rings. The van der Waals surface area contributed by atoms with Gasteiger partial charge < -0.3 is 10.6 Å². The Morgan fingerprint density at radius 1 is 1.33 bits per heavy atom. The van der Waals surface area contributed by atoms with E-state index in [0.717, 1.165) is 0 Å². The van der Waals surface area contributed by atoms with E-state index in [1.165, 1.54) is 6.07 Å². The quantitative estimate of drug-likeness (QED) is 0.667. The number of benzene rings is 1. The first-order valence-corrected chi connectivity index (χ1v) is 6.73. The molecule has 2 rings (SSSR count). The molecule has 7 nitrogen and oxygen atoms in total. The van der Waals surface area contributed by atoms with Crippen molar-refractivity contribution in [1.82, 2.24) is 4.90 Å². The number of nitrogens with zero attached hydrogens (tertiary/aromatic N) is 2. The zero-order valence-electron chi connectivity index (χ0n) is 11.7. The van der Waals surface area contributed by atoms with E-state index in [-0.39, 0.29) is 23.4 Å². The van der Waals surface area contributed by atoms with Gasteiger partial charge in [-0.15, -0.1) is 0 Å². The number of hydrogen-bond donors (Lipinski definition) is 1. The Morgan fingerprint density at radius 3 is 2.48 bits per heavy atom. The van der Waals surface area contributed by atoms with Crippen molar-refractivity contribution in [3.8, 4) is 0 Å². The Kier molecular flexibility index (Phi) is 4.21. The fraction of sp³-hybridized carbons (Fsp3) is 0.429. The molecule has 2 amide bonds. The summed E-state index contributed by atoms with van der Waals surface area (Å²) in [5, 5.41) is 10.9. The maximum Gasteiger partial charge on any atom is 0.273 e. The first kappa shape index (κ1) is 15.0. The van der Waals surface area contributed by atoms with Crippen molar-refractivity contribution in [2.24, 2.45) is 11.7 Å². The zero-order chi connectivity index (χ0) is 15.6. The third-order valence-corrected chi connectivity index (χ3v) is 3.84. The summed E-state index contributed by atoms with van der Waals surface area (Å²) in [6.07, 6.45) is 1.07. The predicted molar refractivity (Wildman–Crippen MR) is 75.7 cm³/mol. The number of nitrogens with two attached hydrogens (primary N) is 1. The number of likely N-dealkylation sites (tertiary alicyclic amines) is 1. The van der Waals surface area contributed by atoms with Gasteiger partial charge in [-0.25, -0.2) is 0 Å². The van der Waals surface area contributed by atoms with Gasteiger partial charge in [0.15, 0.2) is 0 Å². The second-order valence-electron chi connectivity index (χ2n) is 5.23. The standard InChI is InChI=1S/C14H17N3O4/c1-9-2-3-11(8-12(9)17(20)21)14(19)16-6-4-10(5-7-16)13(15)18/h2-3,8,10H,4-7H2,1H3,(H2,15,18). The smallest absolute Gasteiger partial charge is 0.273 e. The Hall–Kier alpha value is -2.44. The fourth-order valence-electron chi connectivity index (χ4n) is 2.49.